The number of carboxylic acids is 1. The molecular weight excluding hydrogens is 260 g/mol. The summed E-state index contributed by atoms with van der Waals surface area (Å²) in [5.74, 6) is -0.760. The van der Waals surface area contributed by atoms with E-state index in [1.54, 1.807) is 0 Å². The third-order valence-electron chi connectivity index (χ3n) is 3.01. The molecule has 20 heavy (non-hydrogen) atoms. The van der Waals surface area contributed by atoms with Crippen molar-refractivity contribution in [2.45, 2.75) is 26.8 Å². The zero-order chi connectivity index (χ0) is 15.3. The van der Waals surface area contributed by atoms with E-state index in [1.165, 1.54) is 18.2 Å². The van der Waals surface area contributed by atoms with Crippen molar-refractivity contribution in [3.05, 3.63) is 23.8 Å². The fourth-order valence-electron chi connectivity index (χ4n) is 1.42. The molecule has 0 aliphatic carbocycles. The fraction of sp³-hybridized carbons (Fsp3) is 0.429. The molecule has 0 saturated carbocycles. The van der Waals surface area contributed by atoms with Gasteiger partial charge in [-0.05, 0) is 31.0 Å². The molecule has 0 aromatic heterocycles. The number of nitrogens with two attached hydrogens (primary N) is 1. The molecule has 1 unspecified atom stereocenters. The Kier molecular flexibility index (Phi) is 5.37. The predicted molar refractivity (Wildman–Crippen MR) is 75.8 cm³/mol. The van der Waals surface area contributed by atoms with Gasteiger partial charge in [-0.15, -0.1) is 0 Å². The quantitative estimate of drug-likeness (QED) is 0.685. The van der Waals surface area contributed by atoms with Crippen molar-refractivity contribution in [1.82, 2.24) is 5.32 Å². The lowest BCUT2D eigenvalue weighted by molar-refractivity contribution is -0.124. The molecule has 6 nitrogen and oxygen atoms in total. The summed E-state index contributed by atoms with van der Waals surface area (Å²) in [4.78, 5) is 22.6. The van der Waals surface area contributed by atoms with Crippen LogP contribution in [0.3, 0.4) is 0 Å². The van der Waals surface area contributed by atoms with Crippen molar-refractivity contribution in [1.29, 1.82) is 0 Å². The third kappa shape index (κ3) is 4.46. The molecular formula is C14H20N2O4. The second-order valence-electron chi connectivity index (χ2n) is 4.94. The zero-order valence-corrected chi connectivity index (χ0v) is 11.8. The number of amides is 1. The van der Waals surface area contributed by atoms with E-state index >= 15 is 0 Å². The molecule has 0 radical (unpaired) electrons. The summed E-state index contributed by atoms with van der Waals surface area (Å²) in [6.07, 6.45) is 0. The maximum atomic E-state index is 11.6. The molecule has 1 amide bonds. The van der Waals surface area contributed by atoms with Gasteiger partial charge in [-0.1, -0.05) is 13.8 Å². The summed E-state index contributed by atoms with van der Waals surface area (Å²) in [5, 5.41) is 11.7. The van der Waals surface area contributed by atoms with Crippen LogP contribution < -0.4 is 15.8 Å². The standard InChI is InChI=1S/C14H20N2O4/c1-8(2)9(3)16-13(17)7-20-10-4-5-12(15)11(6-10)14(18)19/h4-6,8-9H,7,15H2,1-3H3,(H,16,17)(H,18,19). The molecule has 1 atom stereocenters. The van der Waals surface area contributed by atoms with Gasteiger partial charge in [0.25, 0.3) is 5.91 Å². The first-order valence-corrected chi connectivity index (χ1v) is 6.36. The summed E-state index contributed by atoms with van der Waals surface area (Å²) in [5.41, 5.74) is 5.64. The Bertz CT molecular complexity index is 500. The smallest absolute Gasteiger partial charge is 0.337 e. The van der Waals surface area contributed by atoms with Crippen LogP contribution >= 0.6 is 0 Å². The summed E-state index contributed by atoms with van der Waals surface area (Å²) >= 11 is 0. The Hall–Kier alpha value is -2.24. The summed E-state index contributed by atoms with van der Waals surface area (Å²) in [7, 11) is 0. The van der Waals surface area contributed by atoms with E-state index < -0.39 is 5.97 Å². The van der Waals surface area contributed by atoms with E-state index in [4.69, 9.17) is 15.6 Å². The molecule has 0 aliphatic rings. The highest BCUT2D eigenvalue weighted by Gasteiger charge is 2.13. The monoisotopic (exact) mass is 280 g/mol. The van der Waals surface area contributed by atoms with E-state index in [-0.39, 0.29) is 29.8 Å². The van der Waals surface area contributed by atoms with Gasteiger partial charge in [-0.25, -0.2) is 4.79 Å². The van der Waals surface area contributed by atoms with Crippen molar-refractivity contribution in [3.8, 4) is 5.75 Å². The number of hydrogen-bond acceptors (Lipinski definition) is 4. The van der Waals surface area contributed by atoms with E-state index in [9.17, 15) is 9.59 Å². The topological polar surface area (TPSA) is 102 Å². The van der Waals surface area contributed by atoms with E-state index in [1.807, 2.05) is 20.8 Å². The average molecular weight is 280 g/mol. The highest BCUT2D eigenvalue weighted by Crippen LogP contribution is 2.19. The van der Waals surface area contributed by atoms with Crippen LogP contribution in [0.25, 0.3) is 0 Å². The maximum absolute atomic E-state index is 11.6. The number of anilines is 1. The Morgan fingerprint density at radius 3 is 2.55 bits per heavy atom. The lowest BCUT2D eigenvalue weighted by Crippen LogP contribution is -2.38. The minimum Gasteiger partial charge on any atom is -0.484 e. The van der Waals surface area contributed by atoms with Gasteiger partial charge in [0.1, 0.15) is 5.75 Å². The molecule has 0 bridgehead atoms. The van der Waals surface area contributed by atoms with Crippen molar-refractivity contribution in [2.75, 3.05) is 12.3 Å². The van der Waals surface area contributed by atoms with Gasteiger partial charge < -0.3 is 20.9 Å². The number of carbonyl (C=O) groups excluding carboxylic acids is 1. The first kappa shape index (κ1) is 15.8. The molecule has 1 aromatic rings. The zero-order valence-electron chi connectivity index (χ0n) is 11.8. The van der Waals surface area contributed by atoms with Gasteiger partial charge in [0.05, 0.1) is 5.56 Å². The number of hydrogen-bond donors (Lipinski definition) is 3. The molecule has 1 rings (SSSR count). The highest BCUT2D eigenvalue weighted by molar-refractivity contribution is 5.94. The normalized spacial score (nSPS) is 12.0. The number of benzene rings is 1. The number of carboxylic acid groups (broad SMARTS) is 1. The molecule has 0 aliphatic heterocycles. The van der Waals surface area contributed by atoms with Gasteiger partial charge in [0.2, 0.25) is 0 Å². The van der Waals surface area contributed by atoms with Gasteiger partial charge in [-0.2, -0.15) is 0 Å². The molecule has 0 heterocycles. The molecule has 4 N–H and O–H groups in total. The maximum Gasteiger partial charge on any atom is 0.337 e. The van der Waals surface area contributed by atoms with Crippen LogP contribution in [-0.4, -0.2) is 29.6 Å². The molecule has 1 aromatic carbocycles. The first-order valence-electron chi connectivity index (χ1n) is 6.36. The van der Waals surface area contributed by atoms with E-state index in [2.05, 4.69) is 5.32 Å². The highest BCUT2D eigenvalue weighted by atomic mass is 16.5. The van der Waals surface area contributed by atoms with Crippen molar-refractivity contribution in [2.24, 2.45) is 5.92 Å². The SMILES string of the molecule is CC(C)C(C)NC(=O)COc1ccc(N)c(C(=O)O)c1. The molecule has 0 fully saturated rings. The van der Waals surface area contributed by atoms with Crippen LogP contribution in [0.5, 0.6) is 5.75 Å². The lowest BCUT2D eigenvalue weighted by atomic mass is 10.1. The third-order valence-corrected chi connectivity index (χ3v) is 3.01. The minimum atomic E-state index is -1.13. The number of nitrogen functional groups attached to an aromatic ring is 1. The van der Waals surface area contributed by atoms with Crippen LogP contribution in [0.1, 0.15) is 31.1 Å². The van der Waals surface area contributed by atoms with Crippen LogP contribution in [0.2, 0.25) is 0 Å². The molecule has 0 saturated heterocycles. The largest absolute Gasteiger partial charge is 0.484 e. The summed E-state index contributed by atoms with van der Waals surface area (Å²) < 4.78 is 5.26. The van der Waals surface area contributed by atoms with Crippen LogP contribution in [0.15, 0.2) is 18.2 Å². The Labute approximate surface area is 117 Å². The fourth-order valence-corrected chi connectivity index (χ4v) is 1.42. The van der Waals surface area contributed by atoms with E-state index in [0.29, 0.717) is 11.7 Å². The minimum absolute atomic E-state index is 0.0431. The van der Waals surface area contributed by atoms with Gasteiger partial charge in [0.15, 0.2) is 6.61 Å². The lowest BCUT2D eigenvalue weighted by Gasteiger charge is -2.17. The van der Waals surface area contributed by atoms with Gasteiger partial charge >= 0.3 is 5.97 Å². The van der Waals surface area contributed by atoms with Crippen molar-refractivity contribution < 1.29 is 19.4 Å². The number of rotatable bonds is 6. The second-order valence-corrected chi connectivity index (χ2v) is 4.94. The first-order chi connectivity index (χ1) is 9.31. The predicted octanol–water partition coefficient (Wildman–Crippen LogP) is 1.51. The molecule has 6 heteroatoms. The van der Waals surface area contributed by atoms with Crippen LogP contribution in [-0.2, 0) is 4.79 Å². The van der Waals surface area contributed by atoms with Gasteiger partial charge in [-0.3, -0.25) is 4.79 Å². The second kappa shape index (κ2) is 6.79. The Morgan fingerprint density at radius 1 is 1.35 bits per heavy atom. The van der Waals surface area contributed by atoms with Crippen LogP contribution in [0, 0.1) is 5.92 Å². The Morgan fingerprint density at radius 2 is 2.00 bits per heavy atom. The molecule has 0 spiro atoms. The van der Waals surface area contributed by atoms with Gasteiger partial charge in [0, 0.05) is 11.7 Å². The average Bonchev–Trinajstić information content (AvgIpc) is 2.37. The number of carbonyl (C=O) groups is 2. The van der Waals surface area contributed by atoms with Crippen LogP contribution in [0.4, 0.5) is 5.69 Å². The van der Waals surface area contributed by atoms with E-state index in [0.717, 1.165) is 0 Å². The molecule has 110 valence electrons. The number of ether oxygens (including phenoxy) is 1. The van der Waals surface area contributed by atoms with Crippen molar-refractivity contribution in [3.63, 3.8) is 0 Å². The summed E-state index contributed by atoms with van der Waals surface area (Å²) in [6, 6.07) is 4.32. The Balaban J connectivity index is 2.60. The van der Waals surface area contributed by atoms with Crippen molar-refractivity contribution >= 4 is 17.6 Å². The number of aromatic carboxylic acids is 1. The summed E-state index contributed by atoms with van der Waals surface area (Å²) in [6.45, 7) is 5.75. The number of nitrogens with one attached hydrogen (secondary N) is 1.